The molecule has 2 nitrogen and oxygen atoms in total. The van der Waals surface area contributed by atoms with E-state index in [-0.39, 0.29) is 0 Å². The molecule has 0 aliphatic carbocycles. The Morgan fingerprint density at radius 2 is 2.40 bits per heavy atom. The number of rotatable bonds is 0. The molecule has 0 atom stereocenters. The van der Waals surface area contributed by atoms with Gasteiger partial charge >= 0.3 is 0 Å². The van der Waals surface area contributed by atoms with Crippen LogP contribution in [-0.4, -0.2) is 4.98 Å². The lowest BCUT2D eigenvalue weighted by molar-refractivity contribution is 1.32. The first kappa shape index (κ1) is 7.52. The van der Waals surface area contributed by atoms with Crippen molar-refractivity contribution in [1.29, 1.82) is 0 Å². The quantitative estimate of drug-likeness (QED) is 0.482. The SMILES string of the molecule is [C-]#[N+]c1cc(Cl)ncc1Br. The van der Waals surface area contributed by atoms with Crippen molar-refractivity contribution >= 4 is 33.2 Å². The fourth-order valence-electron chi connectivity index (χ4n) is 0.489. The van der Waals surface area contributed by atoms with Gasteiger partial charge in [0.25, 0.3) is 0 Å². The fourth-order valence-corrected chi connectivity index (χ4v) is 0.947. The molecule has 1 rings (SSSR count). The summed E-state index contributed by atoms with van der Waals surface area (Å²) in [6, 6.07) is 1.51. The molecule has 0 radical (unpaired) electrons. The molecule has 0 saturated carbocycles. The summed E-state index contributed by atoms with van der Waals surface area (Å²) in [5, 5.41) is 0.342. The van der Waals surface area contributed by atoms with Crippen LogP contribution in [0.25, 0.3) is 4.85 Å². The van der Waals surface area contributed by atoms with E-state index in [1.54, 1.807) is 0 Å². The summed E-state index contributed by atoms with van der Waals surface area (Å²) in [4.78, 5) is 6.97. The topological polar surface area (TPSA) is 17.2 Å². The molecule has 0 aromatic carbocycles. The first-order valence-corrected chi connectivity index (χ1v) is 3.59. The van der Waals surface area contributed by atoms with Crippen molar-refractivity contribution in [1.82, 2.24) is 4.98 Å². The molecule has 0 unspecified atom stereocenters. The van der Waals surface area contributed by atoms with E-state index >= 15 is 0 Å². The van der Waals surface area contributed by atoms with Crippen molar-refractivity contribution in [2.75, 3.05) is 0 Å². The van der Waals surface area contributed by atoms with Crippen molar-refractivity contribution in [3.8, 4) is 0 Å². The smallest absolute Gasteiger partial charge is 0.205 e. The summed E-state index contributed by atoms with van der Waals surface area (Å²) < 4.78 is 0.673. The third-order valence-electron chi connectivity index (χ3n) is 0.922. The van der Waals surface area contributed by atoms with E-state index < -0.39 is 0 Å². The van der Waals surface area contributed by atoms with Gasteiger partial charge in [-0.3, -0.25) is 0 Å². The van der Waals surface area contributed by atoms with E-state index in [9.17, 15) is 0 Å². The standard InChI is InChI=1S/C6H2BrClN2/c1-9-5-2-6(8)10-3-4(5)7/h2-3H. The van der Waals surface area contributed by atoms with Gasteiger partial charge in [0.1, 0.15) is 5.15 Å². The number of halogens is 2. The molecular weight excluding hydrogens is 215 g/mol. The molecule has 0 spiro atoms. The van der Waals surface area contributed by atoms with Crippen LogP contribution in [0.4, 0.5) is 5.69 Å². The summed E-state index contributed by atoms with van der Waals surface area (Å²) in [7, 11) is 0. The second-order valence-corrected chi connectivity index (χ2v) is 2.81. The molecular formula is C6H2BrClN2. The van der Waals surface area contributed by atoms with Crippen LogP contribution >= 0.6 is 27.5 Å². The Hall–Kier alpha value is -0.590. The highest BCUT2D eigenvalue weighted by Crippen LogP contribution is 2.26. The van der Waals surface area contributed by atoms with Crippen LogP contribution in [0.3, 0.4) is 0 Å². The number of aromatic nitrogens is 1. The first-order chi connectivity index (χ1) is 4.74. The van der Waals surface area contributed by atoms with Gasteiger partial charge in [-0.1, -0.05) is 27.5 Å². The highest BCUT2D eigenvalue weighted by molar-refractivity contribution is 9.10. The van der Waals surface area contributed by atoms with Crippen LogP contribution in [0.1, 0.15) is 0 Å². The Kier molecular flexibility index (Phi) is 2.25. The van der Waals surface area contributed by atoms with E-state index in [0.717, 1.165) is 0 Å². The number of nitrogens with zero attached hydrogens (tertiary/aromatic N) is 2. The third-order valence-corrected chi connectivity index (χ3v) is 1.74. The van der Waals surface area contributed by atoms with Crippen molar-refractivity contribution in [3.05, 3.63) is 33.3 Å². The number of pyridine rings is 1. The largest absolute Gasteiger partial charge is 0.246 e. The van der Waals surface area contributed by atoms with Gasteiger partial charge in [0.15, 0.2) is 0 Å². The lowest BCUT2D eigenvalue weighted by atomic mass is 10.4. The van der Waals surface area contributed by atoms with E-state index in [0.29, 0.717) is 15.3 Å². The van der Waals surface area contributed by atoms with Gasteiger partial charge in [0, 0.05) is 10.7 Å². The zero-order chi connectivity index (χ0) is 7.56. The summed E-state index contributed by atoms with van der Waals surface area (Å²) in [5.74, 6) is 0. The highest BCUT2D eigenvalue weighted by Gasteiger charge is 1.98. The molecule has 1 heterocycles. The van der Waals surface area contributed by atoms with Crippen LogP contribution in [0.2, 0.25) is 5.15 Å². The second-order valence-electron chi connectivity index (χ2n) is 1.57. The summed E-state index contributed by atoms with van der Waals surface area (Å²) in [5.41, 5.74) is 0.486. The average molecular weight is 217 g/mol. The average Bonchev–Trinajstić information content (AvgIpc) is 1.94. The molecule has 0 aliphatic heterocycles. The molecule has 0 N–H and O–H groups in total. The third kappa shape index (κ3) is 1.47. The Balaban J connectivity index is 3.25. The molecule has 0 bridgehead atoms. The van der Waals surface area contributed by atoms with E-state index in [1.165, 1.54) is 12.3 Å². The van der Waals surface area contributed by atoms with Crippen LogP contribution in [0.15, 0.2) is 16.7 Å². The van der Waals surface area contributed by atoms with Crippen molar-refractivity contribution in [2.24, 2.45) is 0 Å². The van der Waals surface area contributed by atoms with Crippen molar-refractivity contribution in [2.45, 2.75) is 0 Å². The maximum atomic E-state index is 6.69. The molecule has 0 saturated heterocycles. The molecule has 10 heavy (non-hydrogen) atoms. The summed E-state index contributed by atoms with van der Waals surface area (Å²) >= 11 is 8.68. The predicted molar refractivity (Wildman–Crippen MR) is 43.2 cm³/mol. The molecule has 4 heteroatoms. The van der Waals surface area contributed by atoms with E-state index in [1.807, 2.05) is 0 Å². The zero-order valence-electron chi connectivity index (χ0n) is 4.81. The number of hydrogen-bond donors (Lipinski definition) is 0. The maximum absolute atomic E-state index is 6.69. The summed E-state index contributed by atoms with van der Waals surface area (Å²) in [6.45, 7) is 6.69. The molecule has 1 aromatic heterocycles. The van der Waals surface area contributed by atoms with Crippen molar-refractivity contribution in [3.63, 3.8) is 0 Å². The van der Waals surface area contributed by atoms with Crippen LogP contribution in [-0.2, 0) is 0 Å². The predicted octanol–water partition coefficient (Wildman–Crippen LogP) is 3.05. The first-order valence-electron chi connectivity index (χ1n) is 2.42. The van der Waals surface area contributed by atoms with E-state index in [2.05, 4.69) is 25.8 Å². The van der Waals surface area contributed by atoms with Gasteiger partial charge in [-0.25, -0.2) is 9.83 Å². The highest BCUT2D eigenvalue weighted by atomic mass is 79.9. The van der Waals surface area contributed by atoms with Crippen molar-refractivity contribution < 1.29 is 0 Å². The summed E-state index contributed by atoms with van der Waals surface area (Å²) in [6.07, 6.45) is 1.51. The van der Waals surface area contributed by atoms with Gasteiger partial charge in [-0.15, -0.1) is 0 Å². The normalized spacial score (nSPS) is 8.90. The Labute approximate surface area is 71.8 Å². The Bertz CT molecular complexity index is 292. The van der Waals surface area contributed by atoms with Crippen LogP contribution in [0.5, 0.6) is 0 Å². The minimum atomic E-state index is 0.342. The van der Waals surface area contributed by atoms with E-state index in [4.69, 9.17) is 18.2 Å². The fraction of sp³-hybridized carbons (Fsp3) is 0. The molecule has 1 aromatic rings. The lowest BCUT2D eigenvalue weighted by Crippen LogP contribution is -1.72. The molecule has 50 valence electrons. The van der Waals surface area contributed by atoms with Gasteiger partial charge in [-0.2, -0.15) is 0 Å². The van der Waals surface area contributed by atoms with Gasteiger partial charge in [0.05, 0.1) is 6.57 Å². The van der Waals surface area contributed by atoms with Crippen LogP contribution in [0, 0.1) is 6.57 Å². The second kappa shape index (κ2) is 3.00. The molecule has 0 aliphatic rings. The van der Waals surface area contributed by atoms with Gasteiger partial charge in [-0.05, 0) is 6.07 Å². The Morgan fingerprint density at radius 3 is 2.90 bits per heavy atom. The van der Waals surface area contributed by atoms with Crippen LogP contribution < -0.4 is 0 Å². The van der Waals surface area contributed by atoms with Gasteiger partial charge < -0.3 is 0 Å². The molecule has 0 fully saturated rings. The molecule has 0 amide bonds. The lowest BCUT2D eigenvalue weighted by Gasteiger charge is -1.92. The Morgan fingerprint density at radius 1 is 1.70 bits per heavy atom. The maximum Gasteiger partial charge on any atom is 0.205 e. The van der Waals surface area contributed by atoms with Gasteiger partial charge in [0.2, 0.25) is 5.69 Å². The number of hydrogen-bond acceptors (Lipinski definition) is 1. The monoisotopic (exact) mass is 216 g/mol. The zero-order valence-corrected chi connectivity index (χ0v) is 7.15. The minimum Gasteiger partial charge on any atom is -0.246 e. The minimum absolute atomic E-state index is 0.342.